The van der Waals surface area contributed by atoms with Crippen molar-refractivity contribution in [1.29, 1.82) is 0 Å². The number of ether oxygens (including phenoxy) is 3. The molecule has 0 rings (SSSR count). The van der Waals surface area contributed by atoms with E-state index in [4.69, 9.17) is 14.2 Å². The summed E-state index contributed by atoms with van der Waals surface area (Å²) in [6.07, 6.45) is 49.5. The Labute approximate surface area is 380 Å². The molecule has 0 radical (unpaired) electrons. The zero-order valence-corrected chi connectivity index (χ0v) is 41.8. The summed E-state index contributed by atoms with van der Waals surface area (Å²) in [6.45, 7) is 11.4. The van der Waals surface area contributed by atoms with Crippen molar-refractivity contribution in [3.63, 3.8) is 0 Å². The third-order valence-electron chi connectivity index (χ3n) is 12.5. The normalized spacial score (nSPS) is 12.0. The molecule has 1 atom stereocenters. The highest BCUT2D eigenvalue weighted by Gasteiger charge is 2.19. The van der Waals surface area contributed by atoms with Crippen molar-refractivity contribution in [2.24, 2.45) is 11.8 Å². The summed E-state index contributed by atoms with van der Waals surface area (Å²) in [5.41, 5.74) is 0. The number of hydrogen-bond donors (Lipinski definition) is 0. The number of rotatable bonds is 49. The fraction of sp³-hybridized carbons (Fsp3) is 0.945. The molecule has 0 saturated carbocycles. The minimum atomic E-state index is -0.762. The van der Waals surface area contributed by atoms with Gasteiger partial charge in [-0.1, -0.05) is 266 Å². The summed E-state index contributed by atoms with van der Waals surface area (Å²) >= 11 is 0. The van der Waals surface area contributed by atoms with Gasteiger partial charge in [0.25, 0.3) is 0 Å². The summed E-state index contributed by atoms with van der Waals surface area (Å²) in [6, 6.07) is 0. The molecule has 0 aliphatic carbocycles. The van der Waals surface area contributed by atoms with E-state index >= 15 is 0 Å². The number of unbranched alkanes of at least 4 members (excludes halogenated alkanes) is 34. The van der Waals surface area contributed by atoms with Crippen molar-refractivity contribution in [2.45, 2.75) is 310 Å². The molecule has 0 spiro atoms. The minimum Gasteiger partial charge on any atom is -0.462 e. The van der Waals surface area contributed by atoms with Gasteiger partial charge in [0.05, 0.1) is 0 Å². The van der Waals surface area contributed by atoms with Gasteiger partial charge in [-0.3, -0.25) is 14.4 Å². The minimum absolute atomic E-state index is 0.0636. The highest BCUT2D eigenvalue weighted by atomic mass is 16.6. The quantitative estimate of drug-likeness (QED) is 0.0344. The number of esters is 3. The maximum Gasteiger partial charge on any atom is 0.306 e. The lowest BCUT2D eigenvalue weighted by molar-refractivity contribution is -0.167. The first-order chi connectivity index (χ1) is 29.7. The standard InChI is InChI=1S/C55H106O6/c1-6-7-8-9-10-11-12-13-14-18-21-24-30-35-40-45-53(56)59-48-52(61-55(58)47-42-37-32-27-26-29-34-39-44-51(4)5)49-60-54(57)46-41-36-31-25-22-19-16-15-17-20-23-28-33-38-43-50(2)3/h50-52H,6-49H2,1-5H3/t52-/m1/s1. The molecule has 0 aliphatic rings. The van der Waals surface area contributed by atoms with Gasteiger partial charge < -0.3 is 14.2 Å². The van der Waals surface area contributed by atoms with E-state index in [1.54, 1.807) is 0 Å². The monoisotopic (exact) mass is 863 g/mol. The molecule has 0 aliphatic heterocycles. The first-order valence-electron chi connectivity index (χ1n) is 27.2. The Morgan fingerprint density at radius 1 is 0.311 bits per heavy atom. The molecular formula is C55H106O6. The van der Waals surface area contributed by atoms with E-state index in [0.717, 1.165) is 69.6 Å². The van der Waals surface area contributed by atoms with Gasteiger partial charge >= 0.3 is 17.9 Å². The van der Waals surface area contributed by atoms with Crippen LogP contribution in [-0.2, 0) is 28.6 Å². The topological polar surface area (TPSA) is 78.9 Å². The number of carbonyl (C=O) groups excluding carboxylic acids is 3. The van der Waals surface area contributed by atoms with Crippen molar-refractivity contribution in [1.82, 2.24) is 0 Å². The first kappa shape index (κ1) is 59.4. The zero-order chi connectivity index (χ0) is 44.7. The first-order valence-corrected chi connectivity index (χ1v) is 27.2. The van der Waals surface area contributed by atoms with Crippen molar-refractivity contribution in [3.8, 4) is 0 Å². The van der Waals surface area contributed by atoms with E-state index in [9.17, 15) is 14.4 Å². The second-order valence-corrected chi connectivity index (χ2v) is 19.8. The molecule has 6 nitrogen and oxygen atoms in total. The molecule has 6 heteroatoms. The summed E-state index contributed by atoms with van der Waals surface area (Å²) < 4.78 is 16.8. The maximum atomic E-state index is 12.8. The Kier molecular flexibility index (Phi) is 46.6. The SMILES string of the molecule is CCCCCCCCCCCCCCCCCC(=O)OC[C@H](COC(=O)CCCCCCCCCCCCCCCCC(C)C)OC(=O)CCCCCCCCCCC(C)C. The summed E-state index contributed by atoms with van der Waals surface area (Å²) in [7, 11) is 0. The van der Waals surface area contributed by atoms with Crippen LogP contribution < -0.4 is 0 Å². The molecule has 362 valence electrons. The summed E-state index contributed by atoms with van der Waals surface area (Å²) in [5.74, 6) is 0.792. The van der Waals surface area contributed by atoms with Gasteiger partial charge in [0, 0.05) is 19.3 Å². The molecule has 0 amide bonds. The van der Waals surface area contributed by atoms with E-state index in [1.165, 1.54) is 193 Å². The van der Waals surface area contributed by atoms with Crippen LogP contribution in [0.3, 0.4) is 0 Å². The van der Waals surface area contributed by atoms with Gasteiger partial charge in [-0.15, -0.1) is 0 Å². The second-order valence-electron chi connectivity index (χ2n) is 19.8. The molecule has 0 bridgehead atoms. The maximum absolute atomic E-state index is 12.8. The van der Waals surface area contributed by atoms with Crippen LogP contribution >= 0.6 is 0 Å². The predicted molar refractivity (Wildman–Crippen MR) is 261 cm³/mol. The predicted octanol–water partition coefficient (Wildman–Crippen LogP) is 17.7. The van der Waals surface area contributed by atoms with E-state index in [1.807, 2.05) is 0 Å². The van der Waals surface area contributed by atoms with Crippen LogP contribution in [0.2, 0.25) is 0 Å². The van der Waals surface area contributed by atoms with Crippen LogP contribution in [-0.4, -0.2) is 37.2 Å². The Bertz CT molecular complexity index is 931. The van der Waals surface area contributed by atoms with Crippen molar-refractivity contribution < 1.29 is 28.6 Å². The molecule has 0 aromatic carbocycles. The van der Waals surface area contributed by atoms with Gasteiger partial charge in [0.1, 0.15) is 13.2 Å². The van der Waals surface area contributed by atoms with Crippen LogP contribution in [0.15, 0.2) is 0 Å². The van der Waals surface area contributed by atoms with Gasteiger partial charge in [0.2, 0.25) is 0 Å². The molecule has 0 heterocycles. The van der Waals surface area contributed by atoms with Crippen LogP contribution in [0.4, 0.5) is 0 Å². The Morgan fingerprint density at radius 3 is 0.803 bits per heavy atom. The van der Waals surface area contributed by atoms with E-state index in [0.29, 0.717) is 19.3 Å². The van der Waals surface area contributed by atoms with E-state index < -0.39 is 6.10 Å². The van der Waals surface area contributed by atoms with Crippen molar-refractivity contribution in [2.75, 3.05) is 13.2 Å². The van der Waals surface area contributed by atoms with Crippen LogP contribution in [0.1, 0.15) is 304 Å². The molecule has 0 N–H and O–H groups in total. The highest BCUT2D eigenvalue weighted by molar-refractivity contribution is 5.71. The van der Waals surface area contributed by atoms with Crippen molar-refractivity contribution in [3.05, 3.63) is 0 Å². The van der Waals surface area contributed by atoms with Gasteiger partial charge in [-0.05, 0) is 31.1 Å². The fourth-order valence-electron chi connectivity index (χ4n) is 8.34. The molecule has 61 heavy (non-hydrogen) atoms. The Balaban J connectivity index is 4.27. The smallest absolute Gasteiger partial charge is 0.306 e. The Hall–Kier alpha value is -1.59. The largest absolute Gasteiger partial charge is 0.462 e. The Morgan fingerprint density at radius 2 is 0.541 bits per heavy atom. The summed E-state index contributed by atoms with van der Waals surface area (Å²) in [5, 5.41) is 0. The van der Waals surface area contributed by atoms with Gasteiger partial charge in [0.15, 0.2) is 6.10 Å². The van der Waals surface area contributed by atoms with Gasteiger partial charge in [-0.25, -0.2) is 0 Å². The van der Waals surface area contributed by atoms with Crippen LogP contribution in [0, 0.1) is 11.8 Å². The molecule has 0 saturated heterocycles. The van der Waals surface area contributed by atoms with Crippen LogP contribution in [0.5, 0.6) is 0 Å². The second kappa shape index (κ2) is 47.9. The molecule has 0 unspecified atom stereocenters. The molecule has 0 fully saturated rings. The fourth-order valence-corrected chi connectivity index (χ4v) is 8.34. The molecular weight excluding hydrogens is 757 g/mol. The van der Waals surface area contributed by atoms with E-state index in [-0.39, 0.29) is 31.1 Å². The van der Waals surface area contributed by atoms with Crippen LogP contribution in [0.25, 0.3) is 0 Å². The van der Waals surface area contributed by atoms with Crippen molar-refractivity contribution >= 4 is 17.9 Å². The zero-order valence-electron chi connectivity index (χ0n) is 41.8. The summed E-state index contributed by atoms with van der Waals surface area (Å²) in [4.78, 5) is 38.0. The lowest BCUT2D eigenvalue weighted by Crippen LogP contribution is -2.30. The lowest BCUT2D eigenvalue weighted by Gasteiger charge is -2.18. The highest BCUT2D eigenvalue weighted by Crippen LogP contribution is 2.18. The number of hydrogen-bond acceptors (Lipinski definition) is 6. The lowest BCUT2D eigenvalue weighted by atomic mass is 10.0. The third kappa shape index (κ3) is 49.3. The van der Waals surface area contributed by atoms with E-state index in [2.05, 4.69) is 34.6 Å². The average molecular weight is 863 g/mol. The third-order valence-corrected chi connectivity index (χ3v) is 12.5. The molecule has 0 aromatic heterocycles. The molecule has 0 aromatic rings. The average Bonchev–Trinajstić information content (AvgIpc) is 3.23. The number of carbonyl (C=O) groups is 3. The van der Waals surface area contributed by atoms with Gasteiger partial charge in [-0.2, -0.15) is 0 Å².